The van der Waals surface area contributed by atoms with Crippen molar-refractivity contribution >= 4 is 0 Å². The van der Waals surface area contributed by atoms with Crippen molar-refractivity contribution in [3.05, 3.63) is 0 Å². The third-order valence-corrected chi connectivity index (χ3v) is 4.15. The Labute approximate surface area is 134 Å². The summed E-state index contributed by atoms with van der Waals surface area (Å²) in [5.41, 5.74) is -1.24. The first-order valence-corrected chi connectivity index (χ1v) is 8.10. The molecule has 0 spiro atoms. The van der Waals surface area contributed by atoms with E-state index in [2.05, 4.69) is 5.92 Å². The third-order valence-electron chi connectivity index (χ3n) is 4.15. The number of hydrogen-bond acceptors (Lipinski definition) is 5. The van der Waals surface area contributed by atoms with E-state index in [0.29, 0.717) is 26.1 Å². The van der Waals surface area contributed by atoms with Crippen LogP contribution in [0.2, 0.25) is 0 Å². The molecule has 1 aliphatic rings. The Bertz CT molecular complexity index is 367. The first-order valence-electron chi connectivity index (χ1n) is 8.10. The Morgan fingerprint density at radius 1 is 1.18 bits per heavy atom. The molecule has 22 heavy (non-hydrogen) atoms. The molecule has 5 heteroatoms. The third kappa shape index (κ3) is 5.22. The van der Waals surface area contributed by atoms with Crippen molar-refractivity contribution in [3.8, 4) is 12.3 Å². The second-order valence-corrected chi connectivity index (χ2v) is 5.78. The summed E-state index contributed by atoms with van der Waals surface area (Å²) in [6.45, 7) is 10.6. The van der Waals surface area contributed by atoms with E-state index in [1.165, 1.54) is 0 Å². The predicted octanol–water partition coefficient (Wildman–Crippen LogP) is 2.32. The fourth-order valence-electron chi connectivity index (χ4n) is 2.92. The molecular weight excluding hydrogens is 284 g/mol. The molecule has 1 rings (SSSR count). The first-order chi connectivity index (χ1) is 10.4. The van der Waals surface area contributed by atoms with Gasteiger partial charge in [-0.2, -0.15) is 0 Å². The van der Waals surface area contributed by atoms with Gasteiger partial charge in [0.05, 0.1) is 12.2 Å². The summed E-state index contributed by atoms with van der Waals surface area (Å²) in [6, 6.07) is 0. The van der Waals surface area contributed by atoms with E-state index < -0.39 is 5.60 Å². The van der Waals surface area contributed by atoms with Crippen molar-refractivity contribution < 1.29 is 24.1 Å². The zero-order valence-electron chi connectivity index (χ0n) is 14.4. The van der Waals surface area contributed by atoms with E-state index in [4.69, 9.17) is 25.4 Å². The Morgan fingerprint density at radius 2 is 1.73 bits per heavy atom. The van der Waals surface area contributed by atoms with Crippen LogP contribution in [0.25, 0.3) is 0 Å². The molecule has 1 aliphatic carbocycles. The molecule has 1 saturated carbocycles. The van der Waals surface area contributed by atoms with Gasteiger partial charge in [0, 0.05) is 32.0 Å². The van der Waals surface area contributed by atoms with E-state index in [0.717, 1.165) is 0 Å². The number of rotatable bonds is 8. The summed E-state index contributed by atoms with van der Waals surface area (Å²) in [5.74, 6) is 2.32. The minimum absolute atomic E-state index is 0.192. The average molecular weight is 314 g/mol. The van der Waals surface area contributed by atoms with Crippen LogP contribution in [0.1, 0.15) is 47.5 Å². The maximum atomic E-state index is 10.7. The van der Waals surface area contributed by atoms with Gasteiger partial charge < -0.3 is 24.1 Å². The lowest BCUT2D eigenvalue weighted by atomic mass is 9.73. The summed E-state index contributed by atoms with van der Waals surface area (Å²) in [6.07, 6.45) is 5.47. The molecule has 0 aliphatic heterocycles. The standard InChI is InChI=1S/C17H30O5/c1-7-17(18)11-15(21-13(5)19-8-2)10-16(12(17)4)22-14(6)20-9-3/h1,12-16,18H,8-11H2,2-6H3/t12?,13?,14?,15-,16-,17?/m0/s1. The van der Waals surface area contributed by atoms with Crippen LogP contribution in [0.5, 0.6) is 0 Å². The molecule has 4 unspecified atom stereocenters. The second kappa shape index (κ2) is 8.85. The quantitative estimate of drug-likeness (QED) is 0.550. The van der Waals surface area contributed by atoms with Gasteiger partial charge in [-0.1, -0.05) is 12.8 Å². The maximum Gasteiger partial charge on any atom is 0.155 e. The van der Waals surface area contributed by atoms with Crippen molar-refractivity contribution in [1.82, 2.24) is 0 Å². The zero-order valence-corrected chi connectivity index (χ0v) is 14.4. The number of ether oxygens (including phenoxy) is 4. The second-order valence-electron chi connectivity index (χ2n) is 5.78. The van der Waals surface area contributed by atoms with E-state index in [9.17, 15) is 5.11 Å². The monoisotopic (exact) mass is 314 g/mol. The highest BCUT2D eigenvalue weighted by Gasteiger charge is 2.46. The summed E-state index contributed by atoms with van der Waals surface area (Å²) in [7, 11) is 0. The molecule has 0 radical (unpaired) electrons. The molecule has 1 fully saturated rings. The van der Waals surface area contributed by atoms with Crippen LogP contribution < -0.4 is 0 Å². The minimum atomic E-state index is -1.24. The van der Waals surface area contributed by atoms with E-state index >= 15 is 0 Å². The van der Waals surface area contributed by atoms with Crippen LogP contribution in [0.3, 0.4) is 0 Å². The average Bonchev–Trinajstić information content (AvgIpc) is 2.44. The van der Waals surface area contributed by atoms with Crippen molar-refractivity contribution in [2.24, 2.45) is 5.92 Å². The van der Waals surface area contributed by atoms with Crippen LogP contribution in [0.15, 0.2) is 0 Å². The van der Waals surface area contributed by atoms with Gasteiger partial charge in [0.25, 0.3) is 0 Å². The van der Waals surface area contributed by atoms with Crippen molar-refractivity contribution in [1.29, 1.82) is 0 Å². The van der Waals surface area contributed by atoms with Crippen LogP contribution >= 0.6 is 0 Å². The fourth-order valence-corrected chi connectivity index (χ4v) is 2.92. The van der Waals surface area contributed by atoms with Crippen molar-refractivity contribution in [2.45, 2.75) is 77.8 Å². The molecular formula is C17H30O5. The Morgan fingerprint density at radius 3 is 2.23 bits per heavy atom. The number of aliphatic hydroxyl groups is 1. The normalized spacial score (nSPS) is 34.9. The van der Waals surface area contributed by atoms with Gasteiger partial charge >= 0.3 is 0 Å². The van der Waals surface area contributed by atoms with Gasteiger partial charge in [0.1, 0.15) is 5.60 Å². The SMILES string of the molecule is C#CC1(O)C[C@@H](OC(C)OCC)C[C@H](OC(C)OCC)C1C. The van der Waals surface area contributed by atoms with E-state index in [1.807, 2.05) is 34.6 Å². The summed E-state index contributed by atoms with van der Waals surface area (Å²) in [5, 5.41) is 10.7. The van der Waals surface area contributed by atoms with Crippen molar-refractivity contribution in [2.75, 3.05) is 13.2 Å². The number of hydrogen-bond donors (Lipinski definition) is 1. The summed E-state index contributed by atoms with van der Waals surface area (Å²) >= 11 is 0. The summed E-state index contributed by atoms with van der Waals surface area (Å²) in [4.78, 5) is 0. The molecule has 0 amide bonds. The molecule has 0 aromatic carbocycles. The van der Waals surface area contributed by atoms with Crippen LogP contribution in [-0.2, 0) is 18.9 Å². The van der Waals surface area contributed by atoms with Crippen LogP contribution in [-0.4, -0.2) is 48.7 Å². The van der Waals surface area contributed by atoms with Gasteiger partial charge in [-0.05, 0) is 27.7 Å². The van der Waals surface area contributed by atoms with E-state index in [1.54, 1.807) is 0 Å². The zero-order chi connectivity index (χ0) is 16.8. The highest BCUT2D eigenvalue weighted by molar-refractivity contribution is 5.14. The van der Waals surface area contributed by atoms with Gasteiger partial charge in [-0.3, -0.25) is 0 Å². The smallest absolute Gasteiger partial charge is 0.155 e. The molecule has 5 nitrogen and oxygen atoms in total. The van der Waals surface area contributed by atoms with E-state index in [-0.39, 0.29) is 30.7 Å². The lowest BCUT2D eigenvalue weighted by Crippen LogP contribution is -2.52. The van der Waals surface area contributed by atoms with Gasteiger partial charge in [-0.25, -0.2) is 0 Å². The largest absolute Gasteiger partial charge is 0.377 e. The Hall–Kier alpha value is -0.640. The molecule has 0 aromatic heterocycles. The van der Waals surface area contributed by atoms with Crippen LogP contribution in [0, 0.1) is 18.3 Å². The number of terminal acetylenes is 1. The van der Waals surface area contributed by atoms with Gasteiger partial charge in [0.15, 0.2) is 12.6 Å². The van der Waals surface area contributed by atoms with Crippen molar-refractivity contribution in [3.63, 3.8) is 0 Å². The fraction of sp³-hybridized carbons (Fsp3) is 0.882. The minimum Gasteiger partial charge on any atom is -0.377 e. The lowest BCUT2D eigenvalue weighted by Gasteiger charge is -2.44. The first kappa shape index (κ1) is 19.4. The Kier molecular flexibility index (Phi) is 7.81. The molecule has 6 atom stereocenters. The Balaban J connectivity index is 2.76. The highest BCUT2D eigenvalue weighted by Crippen LogP contribution is 2.37. The highest BCUT2D eigenvalue weighted by atomic mass is 16.7. The molecule has 0 aromatic rings. The maximum absolute atomic E-state index is 10.7. The van der Waals surface area contributed by atoms with Gasteiger partial charge in [-0.15, -0.1) is 6.42 Å². The predicted molar refractivity (Wildman–Crippen MR) is 84.1 cm³/mol. The molecule has 1 N–H and O–H groups in total. The van der Waals surface area contributed by atoms with Crippen LogP contribution in [0.4, 0.5) is 0 Å². The van der Waals surface area contributed by atoms with Gasteiger partial charge in [0.2, 0.25) is 0 Å². The molecule has 128 valence electrons. The molecule has 0 saturated heterocycles. The molecule has 0 bridgehead atoms. The molecule has 0 heterocycles. The summed E-state index contributed by atoms with van der Waals surface area (Å²) < 4.78 is 22.6. The topological polar surface area (TPSA) is 57.2 Å². The lowest BCUT2D eigenvalue weighted by molar-refractivity contribution is -0.232.